The highest BCUT2D eigenvalue weighted by Crippen LogP contribution is 2.36. The molecule has 0 saturated carbocycles. The van der Waals surface area contributed by atoms with Crippen molar-refractivity contribution in [2.75, 3.05) is 24.5 Å². The van der Waals surface area contributed by atoms with E-state index in [1.54, 1.807) is 31.2 Å². The number of hydrogen-bond donors (Lipinski definition) is 1. The Labute approximate surface area is 266 Å². The van der Waals surface area contributed by atoms with Crippen molar-refractivity contribution < 1.29 is 27.7 Å². The van der Waals surface area contributed by atoms with Gasteiger partial charge in [0.1, 0.15) is 18.3 Å². The lowest BCUT2D eigenvalue weighted by Gasteiger charge is -2.33. The van der Waals surface area contributed by atoms with Gasteiger partial charge in [0.05, 0.1) is 22.6 Å². The molecule has 2 amide bonds. The second-order valence-electron chi connectivity index (χ2n) is 9.90. The maximum atomic E-state index is 14.2. The zero-order chi connectivity index (χ0) is 32.6. The van der Waals surface area contributed by atoms with Crippen LogP contribution in [0.15, 0.2) is 65.6 Å². The molecule has 0 unspecified atom stereocenters. The van der Waals surface area contributed by atoms with E-state index in [4.69, 9.17) is 27.9 Å². The van der Waals surface area contributed by atoms with E-state index in [2.05, 4.69) is 5.32 Å². The molecule has 1 atom stereocenters. The van der Waals surface area contributed by atoms with Crippen LogP contribution in [0.25, 0.3) is 0 Å². The standard InChI is InChI=1S/C30H34Cl2N4O7S/c1-5-15-33-30(38)25(6-2)34(18-21-8-10-22(31)11-9-21)29(37)19-35(27-16-23(32)12-14-28(27)43-4)44(41,42)24-13-7-20(3)26(17-24)36(39)40/h7-14,16-17,25H,5-6,15,18-19H2,1-4H3,(H,33,38)/t25-/m0/s1. The first kappa shape index (κ1) is 34.6. The summed E-state index contributed by atoms with van der Waals surface area (Å²) in [5.41, 5.74) is 0.452. The summed E-state index contributed by atoms with van der Waals surface area (Å²) in [4.78, 5) is 39.3. The Morgan fingerprint density at radius 2 is 1.68 bits per heavy atom. The number of ether oxygens (including phenoxy) is 1. The lowest BCUT2D eigenvalue weighted by molar-refractivity contribution is -0.385. The van der Waals surface area contributed by atoms with Crippen LogP contribution in [0.3, 0.4) is 0 Å². The topological polar surface area (TPSA) is 139 Å². The molecule has 0 aliphatic rings. The molecule has 3 aromatic carbocycles. The zero-order valence-electron chi connectivity index (χ0n) is 24.7. The number of sulfonamides is 1. The number of nitrogens with one attached hydrogen (secondary N) is 1. The second-order valence-corrected chi connectivity index (χ2v) is 12.6. The molecule has 11 nitrogen and oxygen atoms in total. The third-order valence-electron chi connectivity index (χ3n) is 6.86. The number of amides is 2. The number of rotatable bonds is 14. The number of carbonyl (C=O) groups is 2. The molecular formula is C30H34Cl2N4O7S. The van der Waals surface area contributed by atoms with E-state index in [-0.39, 0.29) is 40.9 Å². The van der Waals surface area contributed by atoms with E-state index in [1.807, 2.05) is 6.92 Å². The van der Waals surface area contributed by atoms with Crippen molar-refractivity contribution in [3.8, 4) is 5.75 Å². The molecule has 14 heteroatoms. The molecule has 3 aromatic rings. The Hall–Kier alpha value is -3.87. The van der Waals surface area contributed by atoms with Gasteiger partial charge in [0, 0.05) is 34.8 Å². The Bertz CT molecular complexity index is 1620. The van der Waals surface area contributed by atoms with Gasteiger partial charge in [-0.25, -0.2) is 8.42 Å². The molecule has 0 bridgehead atoms. The van der Waals surface area contributed by atoms with Gasteiger partial charge in [0.15, 0.2) is 0 Å². The summed E-state index contributed by atoms with van der Waals surface area (Å²) in [6, 6.07) is 13.5. The van der Waals surface area contributed by atoms with Gasteiger partial charge in [-0.05, 0) is 61.7 Å². The smallest absolute Gasteiger partial charge is 0.273 e. The number of anilines is 1. The SMILES string of the molecule is CCCNC(=O)[C@H](CC)N(Cc1ccc(Cl)cc1)C(=O)CN(c1cc(Cl)ccc1OC)S(=O)(=O)c1ccc(C)c([N+](=O)[O-])c1. The molecule has 1 N–H and O–H groups in total. The van der Waals surface area contributed by atoms with Crippen molar-refractivity contribution in [2.45, 2.75) is 51.1 Å². The van der Waals surface area contributed by atoms with Crippen molar-refractivity contribution in [3.63, 3.8) is 0 Å². The van der Waals surface area contributed by atoms with Gasteiger partial charge < -0.3 is 15.0 Å². The normalized spacial score (nSPS) is 11.9. The fourth-order valence-corrected chi connectivity index (χ4v) is 6.25. The predicted octanol–water partition coefficient (Wildman–Crippen LogP) is 5.75. The monoisotopic (exact) mass is 664 g/mol. The van der Waals surface area contributed by atoms with Crippen LogP contribution in [0, 0.1) is 17.0 Å². The first-order chi connectivity index (χ1) is 20.8. The number of nitro groups is 1. The second kappa shape index (κ2) is 15.2. The van der Waals surface area contributed by atoms with Gasteiger partial charge >= 0.3 is 0 Å². The van der Waals surface area contributed by atoms with Crippen LogP contribution in [0.2, 0.25) is 10.0 Å². The van der Waals surface area contributed by atoms with E-state index in [0.29, 0.717) is 23.6 Å². The van der Waals surface area contributed by atoms with Crippen molar-refractivity contribution in [2.24, 2.45) is 0 Å². The van der Waals surface area contributed by atoms with E-state index in [0.717, 1.165) is 10.4 Å². The Kier molecular flexibility index (Phi) is 12.0. The zero-order valence-corrected chi connectivity index (χ0v) is 27.1. The number of carbonyl (C=O) groups excluding carboxylic acids is 2. The highest BCUT2D eigenvalue weighted by atomic mass is 35.5. The number of nitro benzene ring substituents is 1. The Balaban J connectivity index is 2.18. The summed E-state index contributed by atoms with van der Waals surface area (Å²) in [7, 11) is -3.30. The molecule has 0 fully saturated rings. The van der Waals surface area contributed by atoms with E-state index in [1.165, 1.54) is 49.3 Å². The van der Waals surface area contributed by atoms with E-state index in [9.17, 15) is 28.1 Å². The summed E-state index contributed by atoms with van der Waals surface area (Å²) in [5, 5.41) is 15.1. The molecule has 0 spiro atoms. The van der Waals surface area contributed by atoms with Crippen molar-refractivity contribution in [3.05, 3.63) is 92.0 Å². The third-order valence-corrected chi connectivity index (χ3v) is 9.10. The number of aryl methyl sites for hydroxylation is 1. The number of halogens is 2. The largest absolute Gasteiger partial charge is 0.495 e. The van der Waals surface area contributed by atoms with Crippen molar-refractivity contribution in [1.82, 2.24) is 10.2 Å². The maximum Gasteiger partial charge on any atom is 0.273 e. The molecule has 0 radical (unpaired) electrons. The molecule has 0 aliphatic carbocycles. The van der Waals surface area contributed by atoms with Crippen molar-refractivity contribution in [1.29, 1.82) is 0 Å². The van der Waals surface area contributed by atoms with Gasteiger partial charge in [-0.2, -0.15) is 0 Å². The van der Waals surface area contributed by atoms with Crippen LogP contribution >= 0.6 is 23.2 Å². The summed E-state index contributed by atoms with van der Waals surface area (Å²) < 4.78 is 34.6. The molecule has 236 valence electrons. The molecule has 44 heavy (non-hydrogen) atoms. The van der Waals surface area contributed by atoms with Gasteiger partial charge in [-0.3, -0.25) is 24.0 Å². The van der Waals surface area contributed by atoms with Crippen LogP contribution in [0.5, 0.6) is 5.75 Å². The summed E-state index contributed by atoms with van der Waals surface area (Å²) in [5.74, 6) is -1.00. The van der Waals surface area contributed by atoms with E-state index >= 15 is 0 Å². The van der Waals surface area contributed by atoms with E-state index < -0.39 is 44.0 Å². The Morgan fingerprint density at radius 3 is 2.27 bits per heavy atom. The number of nitrogens with zero attached hydrogens (tertiary/aromatic N) is 3. The number of methoxy groups -OCH3 is 1. The molecule has 0 aromatic heterocycles. The highest BCUT2D eigenvalue weighted by molar-refractivity contribution is 7.92. The number of benzene rings is 3. The van der Waals surface area contributed by atoms with Gasteiger partial charge in [-0.1, -0.05) is 55.2 Å². The molecule has 3 rings (SSSR count). The summed E-state index contributed by atoms with van der Waals surface area (Å²) in [6.07, 6.45) is 0.919. The molecule has 0 aliphatic heterocycles. The summed E-state index contributed by atoms with van der Waals surface area (Å²) in [6.45, 7) is 4.73. The molecule has 0 heterocycles. The van der Waals surface area contributed by atoms with Crippen LogP contribution in [-0.4, -0.2) is 56.3 Å². The fraction of sp³-hybridized carbons (Fsp3) is 0.333. The van der Waals surface area contributed by atoms with Crippen LogP contribution in [0.1, 0.15) is 37.8 Å². The quantitative estimate of drug-likeness (QED) is 0.171. The van der Waals surface area contributed by atoms with Gasteiger partial charge in [0.2, 0.25) is 11.8 Å². The molecule has 0 saturated heterocycles. The minimum atomic E-state index is -4.63. The lowest BCUT2D eigenvalue weighted by Crippen LogP contribution is -2.52. The minimum Gasteiger partial charge on any atom is -0.495 e. The third kappa shape index (κ3) is 8.19. The highest BCUT2D eigenvalue weighted by Gasteiger charge is 2.35. The van der Waals surface area contributed by atoms with Gasteiger partial charge in [-0.15, -0.1) is 0 Å². The van der Waals surface area contributed by atoms with Crippen LogP contribution < -0.4 is 14.4 Å². The molecular weight excluding hydrogens is 631 g/mol. The average Bonchev–Trinajstić information content (AvgIpc) is 2.99. The first-order valence-corrected chi connectivity index (χ1v) is 16.0. The van der Waals surface area contributed by atoms with Gasteiger partial charge in [0.25, 0.3) is 15.7 Å². The van der Waals surface area contributed by atoms with Crippen LogP contribution in [-0.2, 0) is 26.2 Å². The predicted molar refractivity (Wildman–Crippen MR) is 170 cm³/mol. The Morgan fingerprint density at radius 1 is 1.02 bits per heavy atom. The average molecular weight is 666 g/mol. The lowest BCUT2D eigenvalue weighted by atomic mass is 10.1. The minimum absolute atomic E-state index is 0.0232. The van der Waals surface area contributed by atoms with Crippen LogP contribution in [0.4, 0.5) is 11.4 Å². The number of hydrogen-bond acceptors (Lipinski definition) is 7. The fourth-order valence-electron chi connectivity index (χ4n) is 4.52. The summed E-state index contributed by atoms with van der Waals surface area (Å²) >= 11 is 12.3. The maximum absolute atomic E-state index is 14.2. The van der Waals surface area contributed by atoms with Crippen molar-refractivity contribution >= 4 is 56.4 Å². The first-order valence-electron chi connectivity index (χ1n) is 13.8.